The fourth-order valence-electron chi connectivity index (χ4n) is 2.43. The lowest BCUT2D eigenvalue weighted by Crippen LogP contribution is -2.40. The van der Waals surface area contributed by atoms with E-state index >= 15 is 0 Å². The molecule has 1 aliphatic heterocycles. The molecule has 1 aliphatic rings. The molecule has 0 aromatic heterocycles. The van der Waals surface area contributed by atoms with Gasteiger partial charge in [-0.25, -0.2) is 0 Å². The van der Waals surface area contributed by atoms with Gasteiger partial charge in [0.15, 0.2) is 0 Å². The van der Waals surface area contributed by atoms with Crippen molar-refractivity contribution in [2.24, 2.45) is 5.73 Å². The number of benzene rings is 1. The zero-order valence-electron chi connectivity index (χ0n) is 9.96. The van der Waals surface area contributed by atoms with Crippen molar-refractivity contribution >= 4 is 21.6 Å². The molecule has 0 saturated carbocycles. The molecule has 1 fully saturated rings. The summed E-state index contributed by atoms with van der Waals surface area (Å²) in [5.74, 6) is 0. The third-order valence-corrected chi connectivity index (χ3v) is 3.86. The molecule has 2 N–H and O–H groups in total. The van der Waals surface area contributed by atoms with E-state index in [2.05, 4.69) is 46.8 Å². The number of halogens is 1. The van der Waals surface area contributed by atoms with Gasteiger partial charge in [0.1, 0.15) is 0 Å². The van der Waals surface area contributed by atoms with Crippen LogP contribution in [-0.2, 0) is 0 Å². The minimum atomic E-state index is 0.390. The highest BCUT2D eigenvalue weighted by Gasteiger charge is 2.19. The molecule has 0 atom stereocenters. The Morgan fingerprint density at radius 2 is 1.88 bits per heavy atom. The normalized spacial score (nSPS) is 17.9. The lowest BCUT2D eigenvalue weighted by atomic mass is 10.0. The van der Waals surface area contributed by atoms with Crippen LogP contribution in [0.25, 0.3) is 0 Å². The molecule has 1 saturated heterocycles. The van der Waals surface area contributed by atoms with Gasteiger partial charge < -0.3 is 10.6 Å². The summed E-state index contributed by atoms with van der Waals surface area (Å²) in [5, 5.41) is 0. The van der Waals surface area contributed by atoms with Gasteiger partial charge in [0.2, 0.25) is 0 Å². The molecule has 1 aromatic rings. The van der Waals surface area contributed by atoms with Gasteiger partial charge in [0, 0.05) is 23.6 Å². The zero-order chi connectivity index (χ0) is 11.7. The van der Waals surface area contributed by atoms with E-state index in [4.69, 9.17) is 5.73 Å². The second kappa shape index (κ2) is 4.76. The summed E-state index contributed by atoms with van der Waals surface area (Å²) < 4.78 is 1.21. The Kier molecular flexibility index (Phi) is 3.55. The Labute approximate surface area is 106 Å². The third kappa shape index (κ3) is 2.41. The number of nitrogens with zero attached hydrogens (tertiary/aromatic N) is 1. The van der Waals surface area contributed by atoms with Gasteiger partial charge in [0.05, 0.1) is 5.69 Å². The van der Waals surface area contributed by atoms with E-state index in [0.29, 0.717) is 6.04 Å². The number of nitrogens with two attached hydrogens (primary N) is 1. The first-order valence-electron chi connectivity index (χ1n) is 5.85. The molecule has 0 unspecified atom stereocenters. The number of hydrogen-bond acceptors (Lipinski definition) is 2. The van der Waals surface area contributed by atoms with E-state index in [9.17, 15) is 0 Å². The van der Waals surface area contributed by atoms with E-state index in [1.165, 1.54) is 21.3 Å². The van der Waals surface area contributed by atoms with Crippen LogP contribution in [0.15, 0.2) is 16.6 Å². The summed E-state index contributed by atoms with van der Waals surface area (Å²) in [6.45, 7) is 6.46. The predicted octanol–water partition coefficient (Wildman–Crippen LogP) is 2.99. The number of rotatable bonds is 1. The van der Waals surface area contributed by atoms with Crippen LogP contribution >= 0.6 is 15.9 Å². The van der Waals surface area contributed by atoms with Gasteiger partial charge >= 0.3 is 0 Å². The van der Waals surface area contributed by atoms with Gasteiger partial charge in [-0.05, 0) is 59.8 Å². The van der Waals surface area contributed by atoms with Gasteiger partial charge in [-0.15, -0.1) is 0 Å². The molecule has 3 heteroatoms. The van der Waals surface area contributed by atoms with Crippen LogP contribution < -0.4 is 10.6 Å². The largest absolute Gasteiger partial charge is 0.370 e. The molecule has 1 heterocycles. The summed E-state index contributed by atoms with van der Waals surface area (Å²) in [6, 6.07) is 4.83. The van der Waals surface area contributed by atoms with Crippen LogP contribution in [0.5, 0.6) is 0 Å². The predicted molar refractivity (Wildman–Crippen MR) is 73.0 cm³/mol. The minimum Gasteiger partial charge on any atom is -0.370 e. The van der Waals surface area contributed by atoms with Crippen molar-refractivity contribution in [3.05, 3.63) is 27.7 Å². The maximum Gasteiger partial charge on any atom is 0.0540 e. The number of hydrogen-bond donors (Lipinski definition) is 1. The second-order valence-corrected chi connectivity index (χ2v) is 5.59. The standard InChI is InChI=1S/C13H19BrN2/c1-9-7-10(2)13(12(14)8-9)16-5-3-11(15)4-6-16/h7-8,11H,3-6,15H2,1-2H3. The van der Waals surface area contributed by atoms with Gasteiger partial charge in [-0.3, -0.25) is 0 Å². The topological polar surface area (TPSA) is 29.3 Å². The Morgan fingerprint density at radius 1 is 1.25 bits per heavy atom. The Bertz CT molecular complexity index is 359. The highest BCUT2D eigenvalue weighted by molar-refractivity contribution is 9.10. The molecule has 0 amide bonds. The van der Waals surface area contributed by atoms with E-state index in [-0.39, 0.29) is 0 Å². The van der Waals surface area contributed by atoms with Gasteiger partial charge in [-0.2, -0.15) is 0 Å². The molecule has 2 rings (SSSR count). The van der Waals surface area contributed by atoms with E-state index < -0.39 is 0 Å². The summed E-state index contributed by atoms with van der Waals surface area (Å²) >= 11 is 3.68. The Balaban J connectivity index is 2.26. The van der Waals surface area contributed by atoms with Crippen LogP contribution in [0.2, 0.25) is 0 Å². The van der Waals surface area contributed by atoms with Crippen molar-refractivity contribution in [1.29, 1.82) is 0 Å². The van der Waals surface area contributed by atoms with Crippen molar-refractivity contribution in [3.8, 4) is 0 Å². The van der Waals surface area contributed by atoms with E-state index in [1.54, 1.807) is 0 Å². The fourth-order valence-corrected chi connectivity index (χ4v) is 3.36. The monoisotopic (exact) mass is 282 g/mol. The van der Waals surface area contributed by atoms with Gasteiger partial charge in [-0.1, -0.05) is 6.07 Å². The molecular weight excluding hydrogens is 264 g/mol. The average Bonchev–Trinajstić information content (AvgIpc) is 2.19. The Hall–Kier alpha value is -0.540. The first-order valence-corrected chi connectivity index (χ1v) is 6.64. The molecule has 0 bridgehead atoms. The van der Waals surface area contributed by atoms with Crippen molar-refractivity contribution in [1.82, 2.24) is 0 Å². The smallest absolute Gasteiger partial charge is 0.0540 e. The van der Waals surface area contributed by atoms with Gasteiger partial charge in [0.25, 0.3) is 0 Å². The zero-order valence-corrected chi connectivity index (χ0v) is 11.5. The minimum absolute atomic E-state index is 0.390. The summed E-state index contributed by atoms with van der Waals surface area (Å²) in [7, 11) is 0. The Morgan fingerprint density at radius 3 is 2.44 bits per heavy atom. The van der Waals surface area contributed by atoms with Crippen LogP contribution in [0.3, 0.4) is 0 Å². The third-order valence-electron chi connectivity index (χ3n) is 3.25. The molecule has 16 heavy (non-hydrogen) atoms. The van der Waals surface area contributed by atoms with Crippen LogP contribution in [0.1, 0.15) is 24.0 Å². The maximum atomic E-state index is 5.94. The molecule has 0 radical (unpaired) electrons. The summed E-state index contributed by atoms with van der Waals surface area (Å²) in [5.41, 5.74) is 9.94. The number of anilines is 1. The van der Waals surface area contributed by atoms with Crippen LogP contribution in [0.4, 0.5) is 5.69 Å². The number of aryl methyl sites for hydroxylation is 2. The van der Waals surface area contributed by atoms with Crippen molar-refractivity contribution in [2.75, 3.05) is 18.0 Å². The first kappa shape index (κ1) is 11.9. The average molecular weight is 283 g/mol. The lowest BCUT2D eigenvalue weighted by molar-refractivity contribution is 0.500. The summed E-state index contributed by atoms with van der Waals surface area (Å²) in [4.78, 5) is 2.45. The van der Waals surface area contributed by atoms with Crippen molar-refractivity contribution in [3.63, 3.8) is 0 Å². The molecule has 0 aliphatic carbocycles. The van der Waals surface area contributed by atoms with Crippen molar-refractivity contribution < 1.29 is 0 Å². The maximum absolute atomic E-state index is 5.94. The molecule has 88 valence electrons. The SMILES string of the molecule is Cc1cc(C)c(N2CCC(N)CC2)c(Br)c1. The second-order valence-electron chi connectivity index (χ2n) is 4.74. The van der Waals surface area contributed by atoms with E-state index in [1.807, 2.05) is 0 Å². The summed E-state index contributed by atoms with van der Waals surface area (Å²) in [6.07, 6.45) is 2.19. The van der Waals surface area contributed by atoms with Crippen molar-refractivity contribution in [2.45, 2.75) is 32.7 Å². The fraction of sp³-hybridized carbons (Fsp3) is 0.538. The first-order chi connectivity index (χ1) is 7.58. The molecule has 2 nitrogen and oxygen atoms in total. The molecular formula is C13H19BrN2. The highest BCUT2D eigenvalue weighted by Crippen LogP contribution is 2.32. The molecule has 1 aromatic carbocycles. The van der Waals surface area contributed by atoms with E-state index in [0.717, 1.165) is 25.9 Å². The molecule has 0 spiro atoms. The quantitative estimate of drug-likeness (QED) is 0.858. The highest BCUT2D eigenvalue weighted by atomic mass is 79.9. The van der Waals surface area contributed by atoms with Crippen LogP contribution in [-0.4, -0.2) is 19.1 Å². The van der Waals surface area contributed by atoms with Crippen LogP contribution in [0, 0.1) is 13.8 Å². The number of piperidine rings is 1. The lowest BCUT2D eigenvalue weighted by Gasteiger charge is -2.34.